The summed E-state index contributed by atoms with van der Waals surface area (Å²) in [6.45, 7) is -0.116. The molecule has 0 amide bonds. The van der Waals surface area contributed by atoms with Crippen molar-refractivity contribution in [1.82, 2.24) is 0 Å². The topological polar surface area (TPSA) is 113 Å². The Balaban J connectivity index is 1.67. The molecule has 8 heteroatoms. The van der Waals surface area contributed by atoms with Crippen LogP contribution in [0.4, 0.5) is 4.39 Å². The lowest BCUT2D eigenvalue weighted by Gasteiger charge is -2.22. The van der Waals surface area contributed by atoms with E-state index in [1.165, 1.54) is 30.3 Å². The number of hydrogen-bond acceptors (Lipinski definition) is 6. The van der Waals surface area contributed by atoms with E-state index in [1.807, 2.05) is 0 Å². The summed E-state index contributed by atoms with van der Waals surface area (Å²) >= 11 is 0. The van der Waals surface area contributed by atoms with Crippen LogP contribution < -0.4 is 4.74 Å². The van der Waals surface area contributed by atoms with Crippen molar-refractivity contribution in [3.05, 3.63) is 78.1 Å². The Kier molecular flexibility index (Phi) is 7.97. The van der Waals surface area contributed by atoms with E-state index >= 15 is 0 Å². The van der Waals surface area contributed by atoms with Crippen LogP contribution in [-0.2, 0) is 9.53 Å². The van der Waals surface area contributed by atoms with Gasteiger partial charge < -0.3 is 24.8 Å². The van der Waals surface area contributed by atoms with Gasteiger partial charge in [-0.1, -0.05) is 30.4 Å². The van der Waals surface area contributed by atoms with Crippen molar-refractivity contribution >= 4 is 11.9 Å². The van der Waals surface area contributed by atoms with Crippen LogP contribution >= 0.6 is 0 Å². The molecule has 1 aliphatic carbocycles. The van der Waals surface area contributed by atoms with Gasteiger partial charge in [-0.05, 0) is 36.4 Å². The highest BCUT2D eigenvalue weighted by Crippen LogP contribution is 2.38. The molecule has 1 saturated carbocycles. The van der Waals surface area contributed by atoms with Crippen LogP contribution in [0.1, 0.15) is 23.2 Å². The zero-order valence-corrected chi connectivity index (χ0v) is 17.2. The highest BCUT2D eigenvalue weighted by Gasteiger charge is 2.44. The lowest BCUT2D eigenvalue weighted by atomic mass is 9.90. The summed E-state index contributed by atoms with van der Waals surface area (Å²) in [6, 6.07) is 13.7. The minimum atomic E-state index is -1.08. The average Bonchev–Trinajstić information content (AvgIpc) is 3.05. The molecule has 32 heavy (non-hydrogen) atoms. The van der Waals surface area contributed by atoms with Crippen molar-refractivity contribution in [3.63, 3.8) is 0 Å². The summed E-state index contributed by atoms with van der Waals surface area (Å²) in [5.74, 6) is -2.96. The maximum absolute atomic E-state index is 13.0. The summed E-state index contributed by atoms with van der Waals surface area (Å²) < 4.78 is 23.9. The Morgan fingerprint density at radius 3 is 2.47 bits per heavy atom. The Labute approximate surface area is 184 Å². The highest BCUT2D eigenvalue weighted by atomic mass is 19.1. The number of rotatable bonds is 9. The largest absolute Gasteiger partial charge is 0.491 e. The summed E-state index contributed by atoms with van der Waals surface area (Å²) in [5.41, 5.74) is 0.346. The average molecular weight is 444 g/mol. The summed E-state index contributed by atoms with van der Waals surface area (Å²) in [4.78, 5) is 23.7. The van der Waals surface area contributed by atoms with Gasteiger partial charge in [-0.3, -0.25) is 4.79 Å². The molecule has 3 N–H and O–H groups in total. The third-order valence-corrected chi connectivity index (χ3v) is 5.36. The molecule has 3 rings (SSSR count). The smallest absolute Gasteiger partial charge is 0.338 e. The molecule has 2 aromatic rings. The lowest BCUT2D eigenvalue weighted by molar-refractivity contribution is -0.139. The van der Waals surface area contributed by atoms with Crippen molar-refractivity contribution in [3.8, 4) is 5.75 Å². The minimum Gasteiger partial charge on any atom is -0.491 e. The van der Waals surface area contributed by atoms with Crippen molar-refractivity contribution < 1.29 is 38.8 Å². The maximum atomic E-state index is 13.0. The van der Waals surface area contributed by atoms with Gasteiger partial charge >= 0.3 is 11.9 Å². The molecule has 0 spiro atoms. The van der Waals surface area contributed by atoms with Gasteiger partial charge in [-0.15, -0.1) is 0 Å². The first-order chi connectivity index (χ1) is 15.3. The van der Waals surface area contributed by atoms with E-state index < -0.39 is 47.9 Å². The first kappa shape index (κ1) is 23.4. The van der Waals surface area contributed by atoms with Gasteiger partial charge in [-0.25, -0.2) is 9.18 Å². The van der Waals surface area contributed by atoms with E-state index in [0.29, 0.717) is 11.3 Å². The predicted octanol–water partition coefficient (Wildman–Crippen LogP) is 2.82. The van der Waals surface area contributed by atoms with Gasteiger partial charge in [0.2, 0.25) is 0 Å². The number of carbonyl (C=O) groups is 2. The predicted molar refractivity (Wildman–Crippen MR) is 113 cm³/mol. The number of aliphatic hydroxyl groups excluding tert-OH is 2. The second-order valence-corrected chi connectivity index (χ2v) is 7.67. The molecule has 0 aliphatic heterocycles. The van der Waals surface area contributed by atoms with E-state index in [0.717, 1.165) is 0 Å². The molecule has 0 heterocycles. The summed E-state index contributed by atoms with van der Waals surface area (Å²) in [6.07, 6.45) is 0.000578. The molecule has 170 valence electrons. The van der Waals surface area contributed by atoms with Crippen molar-refractivity contribution in [1.29, 1.82) is 0 Å². The molecule has 0 radical (unpaired) electrons. The molecular weight excluding hydrogens is 419 g/mol. The highest BCUT2D eigenvalue weighted by molar-refractivity contribution is 5.89. The monoisotopic (exact) mass is 444 g/mol. The summed E-state index contributed by atoms with van der Waals surface area (Å²) in [5, 5.41) is 29.9. The number of ether oxygens (including phenoxy) is 2. The third kappa shape index (κ3) is 6.38. The molecule has 0 aromatic heterocycles. The van der Waals surface area contributed by atoms with Gasteiger partial charge in [-0.2, -0.15) is 0 Å². The fourth-order valence-electron chi connectivity index (χ4n) is 3.77. The molecular formula is C24H25FO7. The van der Waals surface area contributed by atoms with E-state index in [1.54, 1.807) is 36.4 Å². The third-order valence-electron chi connectivity index (χ3n) is 5.36. The SMILES string of the molecule is O=C(O)C[C@@H]1[C@@H](C=C[C@H](O)COc2ccc(F)cc2)[C@H](OC(=O)c2ccccc2)C[C@@H]1O. The molecule has 2 aromatic carbocycles. The van der Waals surface area contributed by atoms with Gasteiger partial charge in [0.15, 0.2) is 0 Å². The van der Waals surface area contributed by atoms with Gasteiger partial charge in [0, 0.05) is 18.3 Å². The van der Waals surface area contributed by atoms with Crippen molar-refractivity contribution in [2.75, 3.05) is 6.61 Å². The van der Waals surface area contributed by atoms with Crippen LogP contribution in [0.15, 0.2) is 66.7 Å². The number of benzene rings is 2. The number of aliphatic carboxylic acids is 1. The van der Waals surface area contributed by atoms with E-state index in [4.69, 9.17) is 9.47 Å². The number of halogens is 1. The van der Waals surface area contributed by atoms with Gasteiger partial charge in [0.1, 0.15) is 30.4 Å². The fraction of sp³-hybridized carbons (Fsp3) is 0.333. The molecule has 7 nitrogen and oxygen atoms in total. The zero-order chi connectivity index (χ0) is 23.1. The Morgan fingerprint density at radius 1 is 1.12 bits per heavy atom. The van der Waals surface area contributed by atoms with Crippen LogP contribution in [0.5, 0.6) is 5.75 Å². The molecule has 1 fully saturated rings. The molecule has 1 aliphatic rings. The van der Waals surface area contributed by atoms with Crippen LogP contribution in [0.3, 0.4) is 0 Å². The van der Waals surface area contributed by atoms with E-state index in [-0.39, 0.29) is 19.4 Å². The van der Waals surface area contributed by atoms with Crippen molar-refractivity contribution in [2.45, 2.75) is 31.2 Å². The van der Waals surface area contributed by atoms with E-state index in [2.05, 4.69) is 0 Å². The fourth-order valence-corrected chi connectivity index (χ4v) is 3.77. The molecule has 0 saturated heterocycles. The van der Waals surface area contributed by atoms with Crippen LogP contribution in [-0.4, -0.2) is 52.2 Å². The van der Waals surface area contributed by atoms with Crippen LogP contribution in [0.2, 0.25) is 0 Å². The maximum Gasteiger partial charge on any atom is 0.338 e. The van der Waals surface area contributed by atoms with Crippen LogP contribution in [0.25, 0.3) is 0 Å². The number of aliphatic hydroxyl groups is 2. The minimum absolute atomic E-state index is 0.0910. The Hall–Kier alpha value is -3.23. The van der Waals surface area contributed by atoms with Crippen molar-refractivity contribution in [2.24, 2.45) is 11.8 Å². The van der Waals surface area contributed by atoms with Crippen LogP contribution in [0, 0.1) is 17.7 Å². The number of carboxylic acids is 1. The normalized spacial score (nSPS) is 23.7. The second-order valence-electron chi connectivity index (χ2n) is 7.67. The quantitative estimate of drug-likeness (QED) is 0.403. The molecule has 0 unspecified atom stereocenters. The molecule has 5 atom stereocenters. The van der Waals surface area contributed by atoms with Gasteiger partial charge in [0.25, 0.3) is 0 Å². The number of carbonyl (C=O) groups excluding carboxylic acids is 1. The van der Waals surface area contributed by atoms with E-state index in [9.17, 15) is 29.3 Å². The Morgan fingerprint density at radius 2 is 1.81 bits per heavy atom. The number of esters is 1. The number of hydrogen-bond donors (Lipinski definition) is 3. The standard InChI is InChI=1S/C24H25FO7/c25-16-6-9-18(10-7-16)31-14-17(26)8-11-19-20(12-23(28)29)21(27)13-22(19)32-24(30)15-4-2-1-3-5-15/h1-11,17,19-22,26-27H,12-14H2,(H,28,29)/t17-,19+,20+,21-,22+/m0/s1. The number of carboxylic acid groups (broad SMARTS) is 1. The first-order valence-corrected chi connectivity index (χ1v) is 10.2. The second kappa shape index (κ2) is 10.9. The summed E-state index contributed by atoms with van der Waals surface area (Å²) in [7, 11) is 0. The Bertz CT molecular complexity index is 929. The zero-order valence-electron chi connectivity index (χ0n) is 17.2. The molecule has 0 bridgehead atoms. The van der Waals surface area contributed by atoms with Gasteiger partial charge in [0.05, 0.1) is 18.1 Å². The lowest BCUT2D eigenvalue weighted by Crippen LogP contribution is -2.27. The first-order valence-electron chi connectivity index (χ1n) is 10.2.